The lowest BCUT2D eigenvalue weighted by molar-refractivity contribution is -0.105. The second kappa shape index (κ2) is 9.19. The van der Waals surface area contributed by atoms with E-state index < -0.39 is 5.95 Å². The molecule has 1 aliphatic heterocycles. The van der Waals surface area contributed by atoms with Crippen LogP contribution in [0.2, 0.25) is 10.0 Å². The summed E-state index contributed by atoms with van der Waals surface area (Å²) in [6.45, 7) is 4.08. The van der Waals surface area contributed by atoms with Gasteiger partial charge < -0.3 is 10.2 Å². The van der Waals surface area contributed by atoms with Crippen molar-refractivity contribution in [2.75, 3.05) is 16.8 Å². The van der Waals surface area contributed by atoms with Crippen LogP contribution in [0.25, 0.3) is 0 Å². The number of hydrogen-bond donors (Lipinski definition) is 1. The number of benzene rings is 1. The van der Waals surface area contributed by atoms with Crippen LogP contribution in [0, 0.1) is 12.9 Å². The van der Waals surface area contributed by atoms with Gasteiger partial charge >= 0.3 is 0 Å². The Bertz CT molecular complexity index is 1070. The summed E-state index contributed by atoms with van der Waals surface area (Å²) in [4.78, 5) is 32.0. The number of carbonyl (C=O) groups is 2. The van der Waals surface area contributed by atoms with Crippen molar-refractivity contribution in [3.8, 4) is 0 Å². The summed E-state index contributed by atoms with van der Waals surface area (Å²) in [6, 6.07) is 4.99. The van der Waals surface area contributed by atoms with Crippen LogP contribution >= 0.6 is 23.2 Å². The number of rotatable bonds is 3. The minimum Gasteiger partial charge on any atom is -0.325 e. The zero-order valence-corrected chi connectivity index (χ0v) is 17.5. The number of fused-ring (bicyclic) bond motifs is 1. The smallest absolute Gasteiger partial charge is 0.278 e. The highest BCUT2D eigenvalue weighted by Crippen LogP contribution is 2.33. The van der Waals surface area contributed by atoms with Gasteiger partial charge in [0.1, 0.15) is 0 Å². The second-order valence-electron chi connectivity index (χ2n) is 6.46. The van der Waals surface area contributed by atoms with Gasteiger partial charge in [-0.3, -0.25) is 19.3 Å². The highest BCUT2D eigenvalue weighted by molar-refractivity contribution is 6.42. The Labute approximate surface area is 181 Å². The molecule has 11 heteroatoms. The molecule has 4 rings (SSSR count). The fourth-order valence-electron chi connectivity index (χ4n) is 2.94. The van der Waals surface area contributed by atoms with Gasteiger partial charge in [0.05, 0.1) is 39.9 Å². The van der Waals surface area contributed by atoms with Gasteiger partial charge in [-0.25, -0.2) is 4.98 Å². The van der Waals surface area contributed by atoms with Crippen molar-refractivity contribution in [2.45, 2.75) is 19.9 Å². The van der Waals surface area contributed by atoms with E-state index in [2.05, 4.69) is 20.4 Å². The van der Waals surface area contributed by atoms with Gasteiger partial charge in [-0.2, -0.15) is 9.49 Å². The molecular formula is C19H17Cl2FN6O2. The average Bonchev–Trinajstić information content (AvgIpc) is 3.12. The average molecular weight is 451 g/mol. The van der Waals surface area contributed by atoms with Gasteiger partial charge in [0, 0.05) is 18.4 Å². The topological polar surface area (TPSA) is 93.0 Å². The third kappa shape index (κ3) is 4.58. The minimum absolute atomic E-state index is 0.0376. The molecule has 0 aliphatic carbocycles. The predicted octanol–water partition coefficient (Wildman–Crippen LogP) is 3.90. The molecule has 1 unspecified atom stereocenters. The SMILES string of the molecule is CC1CN(c2ccc(Cl)c(Cl)c2)C(=O)c2c(NC=O)cnn21.Cc1cncc(F)n1. The highest BCUT2D eigenvalue weighted by atomic mass is 35.5. The van der Waals surface area contributed by atoms with Crippen molar-refractivity contribution in [2.24, 2.45) is 0 Å². The van der Waals surface area contributed by atoms with Crippen molar-refractivity contribution in [1.82, 2.24) is 19.7 Å². The van der Waals surface area contributed by atoms with Crippen molar-refractivity contribution in [3.63, 3.8) is 0 Å². The molecule has 1 aliphatic rings. The maximum atomic E-state index is 12.7. The number of hydrogen-bond acceptors (Lipinski definition) is 5. The first-order valence-corrected chi connectivity index (χ1v) is 9.56. The number of halogens is 3. The standard InChI is InChI=1S/C14H12Cl2N4O2.C5H5FN2/c1-8-6-19(9-2-3-10(15)11(16)4-9)14(22)13-12(17-7-21)5-18-20(8)13;1-4-2-7-3-5(6)8-4/h2-5,7-8H,6H2,1H3,(H,17,21);2-3H,1H3. The Balaban J connectivity index is 0.000000269. The van der Waals surface area contributed by atoms with Crippen LogP contribution in [0.4, 0.5) is 15.8 Å². The quantitative estimate of drug-likeness (QED) is 0.610. The Hall–Kier alpha value is -3.04. The first-order chi connectivity index (χ1) is 14.3. The summed E-state index contributed by atoms with van der Waals surface area (Å²) >= 11 is 11.9. The molecule has 0 fully saturated rings. The minimum atomic E-state index is -0.523. The molecule has 1 aromatic carbocycles. The second-order valence-corrected chi connectivity index (χ2v) is 7.27. The summed E-state index contributed by atoms with van der Waals surface area (Å²) < 4.78 is 13.6. The number of nitrogens with zero attached hydrogens (tertiary/aromatic N) is 5. The van der Waals surface area contributed by atoms with E-state index in [-0.39, 0.29) is 11.9 Å². The molecule has 2 aromatic heterocycles. The number of aromatic nitrogens is 4. The van der Waals surface area contributed by atoms with E-state index in [0.717, 1.165) is 6.20 Å². The highest BCUT2D eigenvalue weighted by Gasteiger charge is 2.33. The Morgan fingerprint density at radius 1 is 1.23 bits per heavy atom. The molecule has 156 valence electrons. The van der Waals surface area contributed by atoms with Crippen LogP contribution in [-0.2, 0) is 4.79 Å². The molecule has 0 bridgehead atoms. The van der Waals surface area contributed by atoms with Gasteiger partial charge in [0.25, 0.3) is 5.91 Å². The molecule has 30 heavy (non-hydrogen) atoms. The largest absolute Gasteiger partial charge is 0.325 e. The van der Waals surface area contributed by atoms with Crippen LogP contribution in [0.3, 0.4) is 0 Å². The van der Waals surface area contributed by atoms with Crippen molar-refractivity contribution in [1.29, 1.82) is 0 Å². The Morgan fingerprint density at radius 3 is 2.60 bits per heavy atom. The van der Waals surface area contributed by atoms with E-state index in [4.69, 9.17) is 23.2 Å². The molecule has 0 saturated heterocycles. The van der Waals surface area contributed by atoms with E-state index in [0.29, 0.717) is 45.8 Å². The molecule has 0 spiro atoms. The summed E-state index contributed by atoms with van der Waals surface area (Å²) in [6.07, 6.45) is 4.57. The van der Waals surface area contributed by atoms with Crippen molar-refractivity contribution < 1.29 is 14.0 Å². The molecule has 1 atom stereocenters. The first kappa shape index (κ1) is 21.7. The van der Waals surface area contributed by atoms with Gasteiger partial charge in [0.2, 0.25) is 12.4 Å². The van der Waals surface area contributed by atoms with Gasteiger partial charge in [-0.1, -0.05) is 23.2 Å². The van der Waals surface area contributed by atoms with Crippen LogP contribution in [0.15, 0.2) is 36.8 Å². The number of nitrogens with one attached hydrogen (secondary N) is 1. The van der Waals surface area contributed by atoms with Crippen molar-refractivity contribution >= 4 is 46.9 Å². The van der Waals surface area contributed by atoms with Gasteiger partial charge in [-0.15, -0.1) is 0 Å². The molecular weight excluding hydrogens is 434 g/mol. The molecule has 3 aromatic rings. The van der Waals surface area contributed by atoms with Crippen LogP contribution in [-0.4, -0.2) is 38.6 Å². The number of anilines is 2. The van der Waals surface area contributed by atoms with E-state index in [1.807, 2.05) is 6.92 Å². The van der Waals surface area contributed by atoms with Crippen LogP contribution in [0.5, 0.6) is 0 Å². The summed E-state index contributed by atoms with van der Waals surface area (Å²) in [7, 11) is 0. The van der Waals surface area contributed by atoms with Gasteiger partial charge in [-0.05, 0) is 32.0 Å². The number of carbonyl (C=O) groups excluding carboxylic acids is 2. The van der Waals surface area contributed by atoms with E-state index in [9.17, 15) is 14.0 Å². The number of amides is 2. The maximum Gasteiger partial charge on any atom is 0.278 e. The zero-order valence-electron chi connectivity index (χ0n) is 16.0. The lowest BCUT2D eigenvalue weighted by Crippen LogP contribution is -2.42. The monoisotopic (exact) mass is 450 g/mol. The lowest BCUT2D eigenvalue weighted by Gasteiger charge is -2.32. The Morgan fingerprint density at radius 2 is 2.00 bits per heavy atom. The zero-order chi connectivity index (χ0) is 21.8. The maximum absolute atomic E-state index is 12.7. The molecule has 0 saturated carbocycles. The molecule has 3 heterocycles. The van der Waals surface area contributed by atoms with Crippen LogP contribution < -0.4 is 10.2 Å². The Kier molecular flexibility index (Phi) is 6.63. The van der Waals surface area contributed by atoms with E-state index in [1.165, 1.54) is 12.4 Å². The van der Waals surface area contributed by atoms with Gasteiger partial charge in [0.15, 0.2) is 5.69 Å². The number of aryl methyl sites for hydroxylation is 1. The predicted molar refractivity (Wildman–Crippen MR) is 111 cm³/mol. The lowest BCUT2D eigenvalue weighted by atomic mass is 10.1. The van der Waals surface area contributed by atoms with E-state index in [1.54, 1.807) is 34.7 Å². The molecule has 2 amide bonds. The molecule has 1 N–H and O–H groups in total. The normalized spacial score (nSPS) is 15.2. The summed E-state index contributed by atoms with van der Waals surface area (Å²) in [5.74, 6) is -0.775. The van der Waals surface area contributed by atoms with Crippen molar-refractivity contribution in [3.05, 3.63) is 64.2 Å². The summed E-state index contributed by atoms with van der Waals surface area (Å²) in [5, 5.41) is 7.47. The third-order valence-electron chi connectivity index (χ3n) is 4.26. The molecule has 8 nitrogen and oxygen atoms in total. The van der Waals surface area contributed by atoms with E-state index >= 15 is 0 Å². The molecule has 0 radical (unpaired) electrons. The third-order valence-corrected chi connectivity index (χ3v) is 5.00. The fourth-order valence-corrected chi connectivity index (χ4v) is 3.23. The first-order valence-electron chi connectivity index (χ1n) is 8.80. The van der Waals surface area contributed by atoms with Crippen LogP contribution in [0.1, 0.15) is 29.1 Å². The summed E-state index contributed by atoms with van der Waals surface area (Å²) in [5.41, 5.74) is 1.98. The fraction of sp³-hybridized carbons (Fsp3) is 0.211.